The van der Waals surface area contributed by atoms with Gasteiger partial charge in [0.15, 0.2) is 6.61 Å². The van der Waals surface area contributed by atoms with E-state index in [2.05, 4.69) is 5.32 Å². The molecule has 7 heteroatoms. The van der Waals surface area contributed by atoms with E-state index in [1.807, 2.05) is 0 Å². The Morgan fingerprint density at radius 1 is 1.17 bits per heavy atom. The van der Waals surface area contributed by atoms with Crippen LogP contribution in [-0.2, 0) is 14.3 Å². The maximum absolute atomic E-state index is 13.5. The van der Waals surface area contributed by atoms with E-state index >= 15 is 0 Å². The average molecular weight is 368 g/mol. The number of esters is 1. The van der Waals surface area contributed by atoms with E-state index in [1.54, 1.807) is 24.3 Å². The summed E-state index contributed by atoms with van der Waals surface area (Å²) in [7, 11) is 0. The third-order valence-corrected chi connectivity index (χ3v) is 3.40. The summed E-state index contributed by atoms with van der Waals surface area (Å²) in [5, 5.41) is 3.16. The lowest BCUT2D eigenvalue weighted by molar-refractivity contribution is -0.142. The number of ether oxygens (including phenoxy) is 1. The summed E-state index contributed by atoms with van der Waals surface area (Å²) in [6, 6.07) is 10.7. The van der Waals surface area contributed by atoms with Gasteiger partial charge in [-0.25, -0.2) is 9.18 Å². The first-order valence-electron chi connectivity index (χ1n) is 6.80. The number of hydrogen-bond donors (Lipinski definition) is 1. The summed E-state index contributed by atoms with van der Waals surface area (Å²) < 4.78 is 18.3. The largest absolute Gasteiger partial charge is 0.452 e. The number of carbonyl (C=O) groups is 2. The van der Waals surface area contributed by atoms with Crippen molar-refractivity contribution >= 4 is 46.8 Å². The van der Waals surface area contributed by atoms with Gasteiger partial charge < -0.3 is 10.1 Å². The van der Waals surface area contributed by atoms with E-state index in [0.29, 0.717) is 10.7 Å². The Labute approximate surface area is 147 Å². The molecular weight excluding hydrogens is 356 g/mol. The predicted octanol–water partition coefficient (Wildman–Crippen LogP) is 4.33. The van der Waals surface area contributed by atoms with Crippen molar-refractivity contribution in [1.29, 1.82) is 0 Å². The fourth-order valence-electron chi connectivity index (χ4n) is 1.77. The lowest BCUT2D eigenvalue weighted by Gasteiger charge is -2.05. The van der Waals surface area contributed by atoms with E-state index < -0.39 is 24.3 Å². The average Bonchev–Trinajstić information content (AvgIpc) is 2.52. The zero-order valence-electron chi connectivity index (χ0n) is 12.3. The molecule has 1 amide bonds. The molecule has 2 aromatic rings. The van der Waals surface area contributed by atoms with Gasteiger partial charge in [-0.15, -0.1) is 0 Å². The maximum Gasteiger partial charge on any atom is 0.331 e. The highest BCUT2D eigenvalue weighted by atomic mass is 35.5. The number of benzene rings is 2. The molecular formula is C17H12Cl2FNO3. The molecule has 24 heavy (non-hydrogen) atoms. The highest BCUT2D eigenvalue weighted by Crippen LogP contribution is 2.20. The molecule has 4 nitrogen and oxygen atoms in total. The summed E-state index contributed by atoms with van der Waals surface area (Å²) in [5.41, 5.74) is 0.553. The predicted molar refractivity (Wildman–Crippen MR) is 91.5 cm³/mol. The number of halogens is 3. The van der Waals surface area contributed by atoms with Gasteiger partial charge >= 0.3 is 5.97 Å². The Kier molecular flexibility index (Phi) is 6.35. The Hall–Kier alpha value is -2.37. The zero-order chi connectivity index (χ0) is 17.5. The summed E-state index contributed by atoms with van der Waals surface area (Å²) in [6.45, 7) is -0.485. The Balaban J connectivity index is 1.86. The topological polar surface area (TPSA) is 55.4 Å². The van der Waals surface area contributed by atoms with Gasteiger partial charge in [0.05, 0.1) is 5.02 Å². The third kappa shape index (κ3) is 5.37. The summed E-state index contributed by atoms with van der Waals surface area (Å²) >= 11 is 11.6. The van der Waals surface area contributed by atoms with Crippen molar-refractivity contribution < 1.29 is 18.7 Å². The van der Waals surface area contributed by atoms with Crippen molar-refractivity contribution in [1.82, 2.24) is 0 Å². The smallest absolute Gasteiger partial charge is 0.331 e. The second-order valence-electron chi connectivity index (χ2n) is 4.63. The molecule has 0 aliphatic rings. The monoisotopic (exact) mass is 367 g/mol. The molecule has 0 radical (unpaired) electrons. The van der Waals surface area contributed by atoms with Gasteiger partial charge in [0.1, 0.15) is 5.82 Å². The highest BCUT2D eigenvalue weighted by Gasteiger charge is 2.07. The van der Waals surface area contributed by atoms with Crippen LogP contribution in [0.25, 0.3) is 6.08 Å². The van der Waals surface area contributed by atoms with E-state index in [0.717, 1.165) is 6.08 Å². The van der Waals surface area contributed by atoms with Gasteiger partial charge in [-0.2, -0.15) is 0 Å². The molecule has 0 fully saturated rings. The quantitative estimate of drug-likeness (QED) is 0.632. The van der Waals surface area contributed by atoms with Crippen LogP contribution >= 0.6 is 23.2 Å². The lowest BCUT2D eigenvalue weighted by Crippen LogP contribution is -2.20. The fraction of sp³-hybridized carbons (Fsp3) is 0.0588. The third-order valence-electron chi connectivity index (χ3n) is 2.84. The number of nitrogens with one attached hydrogen (secondary N) is 1. The van der Waals surface area contributed by atoms with E-state index in [-0.39, 0.29) is 10.6 Å². The number of carbonyl (C=O) groups excluding carboxylic acids is 2. The molecule has 1 N–H and O–H groups in total. The first kappa shape index (κ1) is 18.0. The normalized spacial score (nSPS) is 10.6. The number of amides is 1. The highest BCUT2D eigenvalue weighted by molar-refractivity contribution is 6.32. The van der Waals surface area contributed by atoms with E-state index in [9.17, 15) is 14.0 Å². The van der Waals surface area contributed by atoms with Crippen LogP contribution < -0.4 is 5.32 Å². The van der Waals surface area contributed by atoms with Crippen molar-refractivity contribution in [3.63, 3.8) is 0 Å². The van der Waals surface area contributed by atoms with Crippen LogP contribution in [0.2, 0.25) is 10.0 Å². The molecule has 0 heterocycles. The molecule has 0 bridgehead atoms. The molecule has 0 aliphatic carbocycles. The SMILES string of the molecule is O=C(COC(=O)C=Cc1c(F)cccc1Cl)Nc1cccc(Cl)c1. The van der Waals surface area contributed by atoms with Crippen LogP contribution in [0, 0.1) is 5.82 Å². The number of rotatable bonds is 5. The van der Waals surface area contributed by atoms with Crippen LogP contribution in [0.5, 0.6) is 0 Å². The van der Waals surface area contributed by atoms with Crippen LogP contribution in [0.3, 0.4) is 0 Å². The molecule has 0 unspecified atom stereocenters. The Bertz CT molecular complexity index is 773. The van der Waals surface area contributed by atoms with Gasteiger partial charge in [-0.05, 0) is 36.4 Å². The summed E-state index contributed by atoms with van der Waals surface area (Å²) in [4.78, 5) is 23.2. The molecule has 0 saturated carbocycles. The van der Waals surface area contributed by atoms with Crippen molar-refractivity contribution in [3.8, 4) is 0 Å². The van der Waals surface area contributed by atoms with Crippen molar-refractivity contribution in [3.05, 3.63) is 70.0 Å². The van der Waals surface area contributed by atoms with Gasteiger partial charge in [0.2, 0.25) is 0 Å². The van der Waals surface area contributed by atoms with Crippen LogP contribution in [-0.4, -0.2) is 18.5 Å². The van der Waals surface area contributed by atoms with Crippen molar-refractivity contribution in [2.24, 2.45) is 0 Å². The lowest BCUT2D eigenvalue weighted by atomic mass is 10.2. The molecule has 0 aliphatic heterocycles. The first-order valence-corrected chi connectivity index (χ1v) is 7.55. The molecule has 2 aromatic carbocycles. The van der Waals surface area contributed by atoms with Gasteiger partial charge in [0.25, 0.3) is 5.91 Å². The van der Waals surface area contributed by atoms with Crippen molar-refractivity contribution in [2.75, 3.05) is 11.9 Å². The van der Waals surface area contributed by atoms with Crippen LogP contribution in [0.1, 0.15) is 5.56 Å². The minimum Gasteiger partial charge on any atom is -0.452 e. The standard InChI is InChI=1S/C17H12Cl2FNO3/c18-11-3-1-4-12(9-11)21-16(22)10-24-17(23)8-7-13-14(19)5-2-6-15(13)20/h1-9H,10H2,(H,21,22). The Morgan fingerprint density at radius 2 is 1.92 bits per heavy atom. The molecule has 0 aromatic heterocycles. The number of hydrogen-bond acceptors (Lipinski definition) is 3. The summed E-state index contributed by atoms with van der Waals surface area (Å²) in [6.07, 6.45) is 2.19. The van der Waals surface area contributed by atoms with E-state index in [4.69, 9.17) is 27.9 Å². The fourth-order valence-corrected chi connectivity index (χ4v) is 2.19. The number of anilines is 1. The minimum absolute atomic E-state index is 0.0690. The van der Waals surface area contributed by atoms with Gasteiger partial charge in [-0.1, -0.05) is 35.3 Å². The van der Waals surface area contributed by atoms with E-state index in [1.165, 1.54) is 24.3 Å². The van der Waals surface area contributed by atoms with Gasteiger partial charge in [0, 0.05) is 22.3 Å². The second-order valence-corrected chi connectivity index (χ2v) is 5.48. The molecule has 0 spiro atoms. The maximum atomic E-state index is 13.5. The summed E-state index contributed by atoms with van der Waals surface area (Å²) in [5.74, 6) is -1.89. The van der Waals surface area contributed by atoms with Gasteiger partial charge in [-0.3, -0.25) is 4.79 Å². The molecule has 2 rings (SSSR count). The zero-order valence-corrected chi connectivity index (χ0v) is 13.8. The van der Waals surface area contributed by atoms with Crippen LogP contribution in [0.4, 0.5) is 10.1 Å². The second kappa shape index (κ2) is 8.47. The first-order chi connectivity index (χ1) is 11.5. The Morgan fingerprint density at radius 3 is 2.62 bits per heavy atom. The van der Waals surface area contributed by atoms with Crippen molar-refractivity contribution in [2.45, 2.75) is 0 Å². The molecule has 124 valence electrons. The molecule has 0 atom stereocenters. The minimum atomic E-state index is -0.796. The van der Waals surface area contributed by atoms with Crippen LogP contribution in [0.15, 0.2) is 48.5 Å². The molecule has 0 saturated heterocycles.